The Morgan fingerprint density at radius 1 is 0.353 bits per heavy atom. The normalized spacial score (nSPS) is 13.9. The molecule has 0 radical (unpaired) electrons. The van der Waals surface area contributed by atoms with Gasteiger partial charge in [0.25, 0.3) is 0 Å². The number of hydrogen-bond donors (Lipinski definition) is 2. The van der Waals surface area contributed by atoms with Gasteiger partial charge in [-0.2, -0.15) is 0 Å². The van der Waals surface area contributed by atoms with Crippen molar-refractivity contribution in [1.82, 2.24) is 0 Å². The number of allylic oxidation sites excluding steroid dienone is 24. The van der Waals surface area contributed by atoms with E-state index in [2.05, 4.69) is 160 Å². The summed E-state index contributed by atoms with van der Waals surface area (Å²) < 4.78 is 33.1. The number of phosphoric ester groups is 1. The maximum Gasteiger partial charge on any atom is 0.472 e. The third-order valence-corrected chi connectivity index (χ3v) is 15.2. The predicted octanol–water partition coefficient (Wildman–Crippen LogP) is 22.6. The molecule has 0 rings (SSSR count). The van der Waals surface area contributed by atoms with E-state index < -0.39 is 26.5 Å². The molecular weight excluding hydrogens is 1070 g/mol. The summed E-state index contributed by atoms with van der Waals surface area (Å²) in [5.41, 5.74) is 5.40. The molecule has 0 aromatic carbocycles. The average Bonchev–Trinajstić information content (AvgIpc) is 3.52. The summed E-state index contributed by atoms with van der Waals surface area (Å²) in [7, 11) is -4.41. The lowest BCUT2D eigenvalue weighted by Crippen LogP contribution is -2.29. The number of rotatable bonds is 63. The summed E-state index contributed by atoms with van der Waals surface area (Å²) in [6.45, 7) is 3.50. The fourth-order valence-electron chi connectivity index (χ4n) is 9.23. The predicted molar refractivity (Wildman–Crippen MR) is 367 cm³/mol. The first-order valence-corrected chi connectivity index (χ1v) is 35.8. The molecule has 0 heterocycles. The molecule has 0 aromatic heterocycles. The van der Waals surface area contributed by atoms with Crippen molar-refractivity contribution in [3.05, 3.63) is 146 Å². The zero-order valence-corrected chi connectivity index (χ0v) is 55.2. The van der Waals surface area contributed by atoms with Gasteiger partial charge in [-0.15, -0.1) is 0 Å². The van der Waals surface area contributed by atoms with Crippen LogP contribution in [0.1, 0.15) is 284 Å². The maximum atomic E-state index is 12.7. The van der Waals surface area contributed by atoms with E-state index in [0.29, 0.717) is 6.42 Å². The van der Waals surface area contributed by atoms with E-state index in [1.807, 2.05) is 0 Å². The molecule has 0 aliphatic heterocycles. The highest BCUT2D eigenvalue weighted by Gasteiger charge is 2.26. The van der Waals surface area contributed by atoms with E-state index in [4.69, 9.17) is 24.3 Å². The first-order valence-electron chi connectivity index (χ1n) is 34.3. The van der Waals surface area contributed by atoms with Crippen LogP contribution >= 0.6 is 7.82 Å². The summed E-state index contributed by atoms with van der Waals surface area (Å²) in [6.07, 6.45) is 99.4. The Morgan fingerprint density at radius 3 is 0.906 bits per heavy atom. The van der Waals surface area contributed by atoms with Crippen molar-refractivity contribution in [2.45, 2.75) is 290 Å². The minimum atomic E-state index is -4.41. The molecule has 484 valence electrons. The van der Waals surface area contributed by atoms with Crippen LogP contribution in [0.3, 0.4) is 0 Å². The van der Waals surface area contributed by atoms with Gasteiger partial charge in [-0.05, 0) is 116 Å². The Hall–Kier alpha value is -4.11. The molecule has 0 bridgehead atoms. The fourth-order valence-corrected chi connectivity index (χ4v) is 10.00. The molecular formula is C75H126NO8P. The lowest BCUT2D eigenvalue weighted by Gasteiger charge is -2.19. The van der Waals surface area contributed by atoms with Gasteiger partial charge in [-0.3, -0.25) is 18.6 Å². The van der Waals surface area contributed by atoms with Crippen molar-refractivity contribution in [2.24, 2.45) is 5.73 Å². The number of hydrogen-bond acceptors (Lipinski definition) is 8. The average molecular weight is 1200 g/mol. The second-order valence-corrected chi connectivity index (χ2v) is 23.7. The summed E-state index contributed by atoms with van der Waals surface area (Å²) in [5.74, 6) is -0.857. The van der Waals surface area contributed by atoms with Crippen LogP contribution in [-0.4, -0.2) is 49.3 Å². The molecule has 3 N–H and O–H groups in total. The topological polar surface area (TPSA) is 134 Å². The first kappa shape index (κ1) is 80.9. The molecule has 0 aliphatic carbocycles. The minimum Gasteiger partial charge on any atom is -0.462 e. The lowest BCUT2D eigenvalue weighted by atomic mass is 10.0. The zero-order chi connectivity index (χ0) is 61.6. The number of ether oxygens (including phenoxy) is 2. The van der Waals surface area contributed by atoms with Crippen LogP contribution in [-0.2, 0) is 32.7 Å². The van der Waals surface area contributed by atoms with Gasteiger partial charge in [0.1, 0.15) is 6.61 Å². The van der Waals surface area contributed by atoms with Crippen LogP contribution in [0.2, 0.25) is 0 Å². The molecule has 9 nitrogen and oxygen atoms in total. The number of carbonyl (C=O) groups excluding carboxylic acids is 2. The SMILES string of the molecule is CC/C=C\C/C=C\C/C=C\C/C=C\C/C=C\C/C=C\C/C=C\C/C=C\CCCCCCC(=O)OC(COC(=O)CCCCCCCCCCCCCCCCCCCCCCCC/C=C\C/C=C\C/C=C\C/C=C\CC)COP(=O)(O)OCCN. The summed E-state index contributed by atoms with van der Waals surface area (Å²) >= 11 is 0. The number of nitrogens with two attached hydrogens (primary N) is 1. The largest absolute Gasteiger partial charge is 0.472 e. The van der Waals surface area contributed by atoms with Crippen molar-refractivity contribution < 1.29 is 37.6 Å². The maximum absolute atomic E-state index is 12.7. The van der Waals surface area contributed by atoms with Crippen molar-refractivity contribution in [1.29, 1.82) is 0 Å². The number of esters is 2. The third kappa shape index (κ3) is 68.9. The number of carbonyl (C=O) groups is 2. The zero-order valence-electron chi connectivity index (χ0n) is 54.3. The Balaban J connectivity index is 3.94. The van der Waals surface area contributed by atoms with Gasteiger partial charge in [0.15, 0.2) is 6.10 Å². The van der Waals surface area contributed by atoms with Crippen molar-refractivity contribution >= 4 is 19.8 Å². The second kappa shape index (κ2) is 69.0. The standard InChI is InChI=1S/C75H126NO8P/c1-3-5-7-9-11-13-15-17-19-21-23-25-27-29-31-33-34-35-36-37-38-40-41-43-45-47-49-51-53-55-57-59-61-63-65-67-74(77)81-71-73(72-83-85(79,80)82-70-69-76)84-75(78)68-66-64-62-60-58-56-54-52-50-48-46-44-42-39-32-30-28-26-24-22-20-18-16-14-12-10-8-6-4-2/h5-8,11-14,17-20,23-26,30,32,42,44,48,50,54,56,73H,3-4,9-10,15-16,21-22,27-29,31,33-41,43,45-47,49,51-53,55,57-72,76H2,1-2H3,(H,79,80)/b7-5-,8-6-,13-11-,14-12-,19-17-,20-18-,25-23-,26-24-,32-30-,44-42-,50-48-,56-54-. The Bertz CT molecular complexity index is 1900. The van der Waals surface area contributed by atoms with E-state index >= 15 is 0 Å². The van der Waals surface area contributed by atoms with E-state index in [9.17, 15) is 19.0 Å². The molecule has 85 heavy (non-hydrogen) atoms. The highest BCUT2D eigenvalue weighted by atomic mass is 31.2. The van der Waals surface area contributed by atoms with Gasteiger partial charge >= 0.3 is 19.8 Å². The molecule has 0 amide bonds. The third-order valence-electron chi connectivity index (χ3n) is 14.2. The highest BCUT2D eigenvalue weighted by Crippen LogP contribution is 2.43. The molecule has 0 aromatic rings. The van der Waals surface area contributed by atoms with Crippen LogP contribution < -0.4 is 5.73 Å². The highest BCUT2D eigenvalue weighted by molar-refractivity contribution is 7.47. The van der Waals surface area contributed by atoms with Crippen LogP contribution in [0.15, 0.2) is 146 Å². The van der Waals surface area contributed by atoms with Gasteiger partial charge in [-0.25, -0.2) is 4.57 Å². The molecule has 10 heteroatoms. The van der Waals surface area contributed by atoms with E-state index in [1.54, 1.807) is 0 Å². The molecule has 2 unspecified atom stereocenters. The lowest BCUT2D eigenvalue weighted by molar-refractivity contribution is -0.161. The van der Waals surface area contributed by atoms with Gasteiger partial charge in [0.2, 0.25) is 0 Å². The summed E-state index contributed by atoms with van der Waals surface area (Å²) in [6, 6.07) is 0. The molecule has 0 spiro atoms. The van der Waals surface area contributed by atoms with Crippen molar-refractivity contribution in [3.8, 4) is 0 Å². The van der Waals surface area contributed by atoms with Gasteiger partial charge in [0.05, 0.1) is 13.2 Å². The molecule has 0 fully saturated rings. The van der Waals surface area contributed by atoms with E-state index in [0.717, 1.165) is 122 Å². The smallest absolute Gasteiger partial charge is 0.462 e. The number of unbranched alkanes of at least 4 members (excludes halogenated alkanes) is 26. The van der Waals surface area contributed by atoms with E-state index in [1.165, 1.54) is 128 Å². The van der Waals surface area contributed by atoms with Gasteiger partial charge < -0.3 is 20.1 Å². The first-order chi connectivity index (χ1) is 41.8. The van der Waals surface area contributed by atoms with Gasteiger partial charge in [0, 0.05) is 19.4 Å². The summed E-state index contributed by atoms with van der Waals surface area (Å²) in [4.78, 5) is 35.3. The van der Waals surface area contributed by atoms with Crippen LogP contribution in [0.25, 0.3) is 0 Å². The summed E-state index contributed by atoms with van der Waals surface area (Å²) in [5, 5.41) is 0. The van der Waals surface area contributed by atoms with Crippen molar-refractivity contribution in [2.75, 3.05) is 26.4 Å². The van der Waals surface area contributed by atoms with Gasteiger partial charge in [-0.1, -0.05) is 301 Å². The molecule has 2 atom stereocenters. The monoisotopic (exact) mass is 1200 g/mol. The van der Waals surface area contributed by atoms with Crippen LogP contribution in [0.4, 0.5) is 0 Å². The Labute approximate surface area is 522 Å². The minimum absolute atomic E-state index is 0.0427. The quantitative estimate of drug-likeness (QED) is 0.0264. The fraction of sp³-hybridized carbons (Fsp3) is 0.653. The Kier molecular flexibility index (Phi) is 65.7. The molecule has 0 aliphatic rings. The van der Waals surface area contributed by atoms with Crippen LogP contribution in [0.5, 0.6) is 0 Å². The Morgan fingerprint density at radius 2 is 0.612 bits per heavy atom. The second-order valence-electron chi connectivity index (χ2n) is 22.3. The van der Waals surface area contributed by atoms with E-state index in [-0.39, 0.29) is 38.6 Å². The van der Waals surface area contributed by atoms with Crippen molar-refractivity contribution in [3.63, 3.8) is 0 Å². The molecule has 0 saturated heterocycles. The number of phosphoric acid groups is 1. The van der Waals surface area contributed by atoms with Crippen LogP contribution in [0, 0.1) is 0 Å². The molecule has 0 saturated carbocycles.